The SMILES string of the molecule is CCCN(CC)CC1CCCN1C.N#Cc1ccc(-c2ccc3nc(NCc4cccc(OC(F)(P)P)c4)cc(C=O)c3c2)cc1. The zero-order chi connectivity index (χ0) is 33.1. The number of aldehydes is 1. The minimum atomic E-state index is -1.93. The van der Waals surface area contributed by atoms with Crippen LogP contribution in [0.4, 0.5) is 10.2 Å². The van der Waals surface area contributed by atoms with Gasteiger partial charge in [-0.2, -0.15) is 9.65 Å². The molecule has 0 amide bonds. The number of fused-ring (bicyclic) bond motifs is 1. The summed E-state index contributed by atoms with van der Waals surface area (Å²) in [5, 5.41) is 11.0. The average Bonchev–Trinajstić information content (AvgIpc) is 3.46. The number of hydrogen-bond donors (Lipinski definition) is 1. The van der Waals surface area contributed by atoms with Gasteiger partial charge in [0.15, 0.2) is 6.29 Å². The highest BCUT2D eigenvalue weighted by Crippen LogP contribution is 2.32. The second kappa shape index (κ2) is 16.9. The van der Waals surface area contributed by atoms with Crippen LogP contribution in [-0.2, 0) is 6.54 Å². The molecule has 5 rings (SSSR count). The van der Waals surface area contributed by atoms with Crippen molar-refractivity contribution in [3.8, 4) is 22.9 Å². The molecule has 1 aliphatic rings. The highest BCUT2D eigenvalue weighted by atomic mass is 31.1. The minimum Gasteiger partial charge on any atom is -0.452 e. The number of nitriles is 1. The lowest BCUT2D eigenvalue weighted by molar-refractivity contribution is 0.112. The molecule has 0 bridgehead atoms. The molecule has 3 atom stereocenters. The molecule has 10 heteroatoms. The van der Waals surface area contributed by atoms with Gasteiger partial charge in [0.2, 0.25) is 0 Å². The third-order valence-corrected chi connectivity index (χ3v) is 8.32. The summed E-state index contributed by atoms with van der Waals surface area (Å²) in [6.45, 7) is 10.0. The molecule has 2 heterocycles. The number of rotatable bonds is 12. The molecule has 3 aromatic carbocycles. The summed E-state index contributed by atoms with van der Waals surface area (Å²) in [6.07, 6.45) is 4.89. The minimum absolute atomic E-state index is 0.400. The number of pyridine rings is 1. The lowest BCUT2D eigenvalue weighted by Crippen LogP contribution is -2.38. The number of nitrogens with one attached hydrogen (secondary N) is 1. The van der Waals surface area contributed by atoms with Crippen molar-refractivity contribution in [1.29, 1.82) is 5.26 Å². The first-order valence-corrected chi connectivity index (χ1v) is 16.9. The van der Waals surface area contributed by atoms with Crippen molar-refractivity contribution in [2.75, 3.05) is 38.5 Å². The van der Waals surface area contributed by atoms with Crippen LogP contribution in [0.1, 0.15) is 54.6 Å². The van der Waals surface area contributed by atoms with Gasteiger partial charge in [0, 0.05) is 30.1 Å². The van der Waals surface area contributed by atoms with Crippen molar-refractivity contribution in [3.05, 3.63) is 89.5 Å². The Kier molecular flexibility index (Phi) is 13.0. The molecular formula is C36H44FN5O2P2. The fraction of sp³-hybridized carbons (Fsp3) is 0.361. The van der Waals surface area contributed by atoms with E-state index in [-0.39, 0.29) is 0 Å². The summed E-state index contributed by atoms with van der Waals surface area (Å²) in [5.41, 5.74) is 4.55. The van der Waals surface area contributed by atoms with Crippen LogP contribution in [0.2, 0.25) is 0 Å². The van der Waals surface area contributed by atoms with Crippen molar-refractivity contribution < 1.29 is 13.9 Å². The summed E-state index contributed by atoms with van der Waals surface area (Å²) < 4.78 is 18.9. The van der Waals surface area contributed by atoms with Crippen LogP contribution in [0, 0.1) is 11.3 Å². The number of aromatic nitrogens is 1. The normalized spacial score (nSPS) is 14.9. The van der Waals surface area contributed by atoms with Gasteiger partial charge in [0.05, 0.1) is 17.1 Å². The maximum atomic E-state index is 13.7. The van der Waals surface area contributed by atoms with E-state index in [0.717, 1.165) is 34.4 Å². The maximum absolute atomic E-state index is 13.7. The van der Waals surface area contributed by atoms with Gasteiger partial charge in [-0.1, -0.05) is 44.2 Å². The van der Waals surface area contributed by atoms with Crippen LogP contribution in [0.3, 0.4) is 0 Å². The Balaban J connectivity index is 0.000000310. The summed E-state index contributed by atoms with van der Waals surface area (Å²) in [6, 6.07) is 24.7. The molecule has 7 nitrogen and oxygen atoms in total. The molecule has 1 fully saturated rings. The molecule has 1 saturated heterocycles. The van der Waals surface area contributed by atoms with E-state index in [0.29, 0.717) is 34.8 Å². The van der Waals surface area contributed by atoms with Crippen LogP contribution >= 0.6 is 18.5 Å². The molecule has 46 heavy (non-hydrogen) atoms. The van der Waals surface area contributed by atoms with Gasteiger partial charge >= 0.3 is 0 Å². The lowest BCUT2D eigenvalue weighted by Gasteiger charge is -2.27. The molecule has 4 aromatic rings. The van der Waals surface area contributed by atoms with Crippen LogP contribution in [0.25, 0.3) is 22.0 Å². The zero-order valence-electron chi connectivity index (χ0n) is 26.9. The Hall–Kier alpha value is -3.46. The zero-order valence-corrected chi connectivity index (χ0v) is 29.2. The number of ether oxygens (including phenoxy) is 1. The summed E-state index contributed by atoms with van der Waals surface area (Å²) in [7, 11) is 6.20. The predicted octanol–water partition coefficient (Wildman–Crippen LogP) is 7.72. The van der Waals surface area contributed by atoms with E-state index in [4.69, 9.17) is 10.00 Å². The summed E-state index contributed by atoms with van der Waals surface area (Å²) >= 11 is 0. The van der Waals surface area contributed by atoms with E-state index in [1.54, 1.807) is 36.4 Å². The number of likely N-dealkylation sites (N-methyl/N-ethyl adjacent to an activating group) is 2. The van der Waals surface area contributed by atoms with E-state index < -0.39 is 5.34 Å². The van der Waals surface area contributed by atoms with Gasteiger partial charge in [-0.25, -0.2) is 4.98 Å². The summed E-state index contributed by atoms with van der Waals surface area (Å²) in [5.74, 6) is 0.955. The van der Waals surface area contributed by atoms with Gasteiger partial charge in [-0.3, -0.25) is 4.79 Å². The quantitative estimate of drug-likeness (QED) is 0.123. The second-order valence-electron chi connectivity index (χ2n) is 11.6. The number of alkyl halides is 1. The Morgan fingerprint density at radius 1 is 1.13 bits per heavy atom. The largest absolute Gasteiger partial charge is 0.452 e. The first kappa shape index (κ1) is 35.4. The summed E-state index contributed by atoms with van der Waals surface area (Å²) in [4.78, 5) is 21.5. The number of anilines is 1. The van der Waals surface area contributed by atoms with E-state index >= 15 is 0 Å². The highest BCUT2D eigenvalue weighted by molar-refractivity contribution is 7.38. The van der Waals surface area contributed by atoms with E-state index in [9.17, 15) is 9.18 Å². The molecule has 242 valence electrons. The van der Waals surface area contributed by atoms with Gasteiger partial charge in [-0.05, 0) is 124 Å². The third kappa shape index (κ3) is 10.3. The van der Waals surface area contributed by atoms with Crippen molar-refractivity contribution in [3.63, 3.8) is 0 Å². The van der Waals surface area contributed by atoms with Crippen LogP contribution < -0.4 is 10.1 Å². The monoisotopic (exact) mass is 659 g/mol. The van der Waals surface area contributed by atoms with Gasteiger partial charge in [0.25, 0.3) is 5.34 Å². The number of carbonyl (C=O) groups excluding carboxylic acids is 1. The molecule has 1 aromatic heterocycles. The Labute approximate surface area is 276 Å². The topological polar surface area (TPSA) is 81.5 Å². The fourth-order valence-electron chi connectivity index (χ4n) is 5.65. The Morgan fingerprint density at radius 3 is 2.52 bits per heavy atom. The lowest BCUT2D eigenvalue weighted by atomic mass is 10.0. The number of likely N-dealkylation sites (tertiary alicyclic amines) is 1. The molecule has 3 unspecified atom stereocenters. The molecule has 0 aliphatic carbocycles. The van der Waals surface area contributed by atoms with Crippen molar-refractivity contribution >= 4 is 41.5 Å². The third-order valence-electron chi connectivity index (χ3n) is 8.09. The van der Waals surface area contributed by atoms with Crippen molar-refractivity contribution in [1.82, 2.24) is 14.8 Å². The van der Waals surface area contributed by atoms with E-state index in [2.05, 4.69) is 47.1 Å². The van der Waals surface area contributed by atoms with Gasteiger partial charge in [-0.15, -0.1) is 0 Å². The molecule has 0 radical (unpaired) electrons. The van der Waals surface area contributed by atoms with Crippen LogP contribution in [0.5, 0.6) is 5.75 Å². The van der Waals surface area contributed by atoms with Gasteiger partial charge < -0.3 is 19.9 Å². The molecule has 0 saturated carbocycles. The standard InChI is InChI=1S/C25H20FN3O2P2.C11H24N2/c26-25(32,33)31-21-3-1-2-17(10-21)14-28-24-12-20(15-30)22-11-19(8-9-23(22)29-24)18-6-4-16(13-27)5-7-18;1-4-8-13(5-2)10-11-7-6-9-12(11)3/h1-12,15H,14,32-33H2,(H,28,29);11H,4-10H2,1-3H3. The number of halogens is 1. The highest BCUT2D eigenvalue weighted by Gasteiger charge is 2.22. The second-order valence-corrected chi connectivity index (χ2v) is 13.8. The van der Waals surface area contributed by atoms with E-state index in [1.165, 1.54) is 45.4 Å². The fourth-order valence-corrected chi connectivity index (χ4v) is 5.92. The average molecular weight is 660 g/mol. The molecular weight excluding hydrogens is 615 g/mol. The molecule has 0 spiro atoms. The predicted molar refractivity (Wildman–Crippen MR) is 193 cm³/mol. The van der Waals surface area contributed by atoms with Crippen LogP contribution in [0.15, 0.2) is 72.8 Å². The number of hydrogen-bond acceptors (Lipinski definition) is 7. The Bertz CT molecular complexity index is 1640. The number of carbonyl (C=O) groups is 1. The van der Waals surface area contributed by atoms with E-state index in [1.807, 2.05) is 54.9 Å². The Morgan fingerprint density at radius 2 is 1.89 bits per heavy atom. The number of nitrogens with zero attached hydrogens (tertiary/aromatic N) is 4. The smallest absolute Gasteiger partial charge is 0.270 e. The molecule has 1 aliphatic heterocycles. The maximum Gasteiger partial charge on any atom is 0.270 e. The first-order chi connectivity index (χ1) is 22.1. The van der Waals surface area contributed by atoms with Gasteiger partial charge in [0.1, 0.15) is 11.6 Å². The van der Waals surface area contributed by atoms with Crippen LogP contribution in [-0.4, -0.2) is 65.7 Å². The van der Waals surface area contributed by atoms with Crippen molar-refractivity contribution in [2.24, 2.45) is 0 Å². The first-order valence-electron chi connectivity index (χ1n) is 15.7. The van der Waals surface area contributed by atoms with Crippen molar-refractivity contribution in [2.45, 2.75) is 51.0 Å². The number of benzene rings is 3. The molecule has 1 N–H and O–H groups in total.